The Bertz CT molecular complexity index is 606. The molecule has 1 aromatic heterocycles. The Hall–Kier alpha value is -1.69. The van der Waals surface area contributed by atoms with Crippen LogP contribution < -0.4 is 5.32 Å². The molecule has 3 rings (SSSR count). The third kappa shape index (κ3) is 2.53. The van der Waals surface area contributed by atoms with Crippen molar-refractivity contribution in [3.63, 3.8) is 0 Å². The van der Waals surface area contributed by atoms with E-state index in [1.807, 2.05) is 12.1 Å². The van der Waals surface area contributed by atoms with Crippen molar-refractivity contribution in [3.8, 4) is 0 Å². The topological polar surface area (TPSA) is 59.8 Å². The van der Waals surface area contributed by atoms with Crippen LogP contribution >= 0.6 is 15.9 Å². The first-order chi connectivity index (χ1) is 9.24. The predicted molar refractivity (Wildman–Crippen MR) is 73.7 cm³/mol. The van der Waals surface area contributed by atoms with Crippen molar-refractivity contribution in [1.82, 2.24) is 20.1 Å². The van der Waals surface area contributed by atoms with Crippen molar-refractivity contribution in [3.05, 3.63) is 46.0 Å². The molecule has 1 aromatic carbocycles. The van der Waals surface area contributed by atoms with Gasteiger partial charge < -0.3 is 9.88 Å². The number of amides is 1. The fourth-order valence-corrected chi connectivity index (χ4v) is 2.47. The SMILES string of the molecule is O=C(NCc1nnc2n1CCC2)c1ccc(Br)cc1. The molecule has 6 heteroatoms. The molecule has 98 valence electrons. The van der Waals surface area contributed by atoms with Crippen molar-refractivity contribution < 1.29 is 4.79 Å². The van der Waals surface area contributed by atoms with Gasteiger partial charge in [-0.05, 0) is 30.7 Å². The summed E-state index contributed by atoms with van der Waals surface area (Å²) in [5.41, 5.74) is 0.643. The van der Waals surface area contributed by atoms with E-state index in [4.69, 9.17) is 0 Å². The Morgan fingerprint density at radius 3 is 2.89 bits per heavy atom. The fourth-order valence-electron chi connectivity index (χ4n) is 2.20. The molecular weight excluding hydrogens is 308 g/mol. The number of nitrogens with zero attached hydrogens (tertiary/aromatic N) is 3. The van der Waals surface area contributed by atoms with Gasteiger partial charge in [-0.15, -0.1) is 10.2 Å². The fraction of sp³-hybridized carbons (Fsp3) is 0.308. The van der Waals surface area contributed by atoms with E-state index < -0.39 is 0 Å². The summed E-state index contributed by atoms with van der Waals surface area (Å²) < 4.78 is 3.04. The van der Waals surface area contributed by atoms with Gasteiger partial charge in [0.25, 0.3) is 5.91 Å². The van der Waals surface area contributed by atoms with Gasteiger partial charge in [0.05, 0.1) is 6.54 Å². The molecule has 1 aliphatic heterocycles. The van der Waals surface area contributed by atoms with Crippen molar-refractivity contribution in [2.75, 3.05) is 0 Å². The van der Waals surface area contributed by atoms with Crippen molar-refractivity contribution in [2.24, 2.45) is 0 Å². The minimum absolute atomic E-state index is 0.0946. The summed E-state index contributed by atoms with van der Waals surface area (Å²) in [4.78, 5) is 12.0. The summed E-state index contributed by atoms with van der Waals surface area (Å²) in [7, 11) is 0. The van der Waals surface area contributed by atoms with E-state index in [2.05, 4.69) is 36.0 Å². The molecule has 0 atom stereocenters. The minimum Gasteiger partial charge on any atom is -0.345 e. The summed E-state index contributed by atoms with van der Waals surface area (Å²) in [6.45, 7) is 1.37. The molecular formula is C13H13BrN4O. The molecule has 19 heavy (non-hydrogen) atoms. The van der Waals surface area contributed by atoms with Crippen LogP contribution in [0.3, 0.4) is 0 Å². The highest BCUT2D eigenvalue weighted by Gasteiger charge is 2.17. The van der Waals surface area contributed by atoms with Gasteiger partial charge in [0, 0.05) is 23.0 Å². The van der Waals surface area contributed by atoms with E-state index >= 15 is 0 Å². The molecule has 0 saturated carbocycles. The lowest BCUT2D eigenvalue weighted by Gasteiger charge is -2.06. The lowest BCUT2D eigenvalue weighted by molar-refractivity contribution is 0.0949. The first kappa shape index (κ1) is 12.3. The maximum atomic E-state index is 12.0. The summed E-state index contributed by atoms with van der Waals surface area (Å²) in [6, 6.07) is 7.27. The molecule has 0 saturated heterocycles. The molecule has 0 bridgehead atoms. The van der Waals surface area contributed by atoms with Gasteiger partial charge >= 0.3 is 0 Å². The normalized spacial score (nSPS) is 13.3. The Kier molecular flexibility index (Phi) is 3.33. The van der Waals surface area contributed by atoms with Gasteiger partial charge in [-0.1, -0.05) is 15.9 Å². The number of carbonyl (C=O) groups is 1. The van der Waals surface area contributed by atoms with Crippen LogP contribution in [0.15, 0.2) is 28.7 Å². The number of nitrogens with one attached hydrogen (secondary N) is 1. The number of carbonyl (C=O) groups excluding carboxylic acids is 1. The van der Waals surface area contributed by atoms with Crippen LogP contribution in [0.5, 0.6) is 0 Å². The Balaban J connectivity index is 1.66. The van der Waals surface area contributed by atoms with Crippen LogP contribution in [0.2, 0.25) is 0 Å². The molecule has 1 aliphatic rings. The molecule has 0 unspecified atom stereocenters. The van der Waals surface area contributed by atoms with Gasteiger partial charge in [-0.3, -0.25) is 4.79 Å². The number of fused-ring (bicyclic) bond motifs is 1. The highest BCUT2D eigenvalue weighted by molar-refractivity contribution is 9.10. The Morgan fingerprint density at radius 1 is 1.32 bits per heavy atom. The maximum Gasteiger partial charge on any atom is 0.251 e. The van der Waals surface area contributed by atoms with Gasteiger partial charge in [0.2, 0.25) is 0 Å². The molecule has 5 nitrogen and oxygen atoms in total. The second kappa shape index (κ2) is 5.13. The summed E-state index contributed by atoms with van der Waals surface area (Å²) >= 11 is 3.35. The van der Waals surface area contributed by atoms with E-state index in [0.29, 0.717) is 12.1 Å². The quantitative estimate of drug-likeness (QED) is 0.939. The highest BCUT2D eigenvalue weighted by Crippen LogP contribution is 2.14. The zero-order valence-corrected chi connectivity index (χ0v) is 11.9. The van der Waals surface area contributed by atoms with Crippen LogP contribution in [0, 0.1) is 0 Å². The second-order valence-electron chi connectivity index (χ2n) is 4.48. The number of hydrogen-bond donors (Lipinski definition) is 1. The van der Waals surface area contributed by atoms with Gasteiger partial charge in [-0.2, -0.15) is 0 Å². The van der Waals surface area contributed by atoms with E-state index in [1.165, 1.54) is 0 Å². The maximum absolute atomic E-state index is 12.0. The second-order valence-corrected chi connectivity index (χ2v) is 5.39. The lowest BCUT2D eigenvalue weighted by Crippen LogP contribution is -2.24. The van der Waals surface area contributed by atoms with Crippen molar-refractivity contribution >= 4 is 21.8 Å². The average Bonchev–Trinajstić information content (AvgIpc) is 3.00. The lowest BCUT2D eigenvalue weighted by atomic mass is 10.2. The predicted octanol–water partition coefficient (Wildman–Crippen LogP) is 1.92. The molecule has 1 N–H and O–H groups in total. The molecule has 0 aliphatic carbocycles. The van der Waals surface area contributed by atoms with Crippen LogP contribution in [-0.4, -0.2) is 20.7 Å². The molecule has 0 radical (unpaired) electrons. The molecule has 0 spiro atoms. The first-order valence-corrected chi connectivity index (χ1v) is 6.98. The number of aromatic nitrogens is 3. The zero-order valence-electron chi connectivity index (χ0n) is 10.3. The molecule has 2 aromatic rings. The van der Waals surface area contributed by atoms with Crippen LogP contribution in [-0.2, 0) is 19.5 Å². The minimum atomic E-state index is -0.0946. The van der Waals surface area contributed by atoms with Crippen molar-refractivity contribution in [1.29, 1.82) is 0 Å². The van der Waals surface area contributed by atoms with E-state index in [9.17, 15) is 4.79 Å². The van der Waals surface area contributed by atoms with Gasteiger partial charge in [0.15, 0.2) is 5.82 Å². The summed E-state index contributed by atoms with van der Waals surface area (Å²) in [6.07, 6.45) is 2.09. The van der Waals surface area contributed by atoms with Crippen LogP contribution in [0.4, 0.5) is 0 Å². The van der Waals surface area contributed by atoms with E-state index in [-0.39, 0.29) is 5.91 Å². The van der Waals surface area contributed by atoms with E-state index in [1.54, 1.807) is 12.1 Å². The Morgan fingerprint density at radius 2 is 2.11 bits per heavy atom. The van der Waals surface area contributed by atoms with E-state index in [0.717, 1.165) is 35.5 Å². The number of halogens is 1. The Labute approximate surface area is 119 Å². The van der Waals surface area contributed by atoms with Gasteiger partial charge in [0.1, 0.15) is 5.82 Å². The van der Waals surface area contributed by atoms with Gasteiger partial charge in [-0.25, -0.2) is 0 Å². The summed E-state index contributed by atoms with van der Waals surface area (Å²) in [5, 5.41) is 11.1. The number of benzene rings is 1. The van der Waals surface area contributed by atoms with Crippen LogP contribution in [0.1, 0.15) is 28.4 Å². The first-order valence-electron chi connectivity index (χ1n) is 6.19. The molecule has 0 fully saturated rings. The third-order valence-corrected chi connectivity index (χ3v) is 3.73. The summed E-state index contributed by atoms with van der Waals surface area (Å²) in [5.74, 6) is 1.76. The number of hydrogen-bond acceptors (Lipinski definition) is 3. The highest BCUT2D eigenvalue weighted by atomic mass is 79.9. The third-order valence-electron chi connectivity index (χ3n) is 3.20. The average molecular weight is 321 g/mol. The standard InChI is InChI=1S/C13H13BrN4O/c14-10-5-3-9(4-6-10)13(19)15-8-12-17-16-11-2-1-7-18(11)12/h3-6H,1-2,7-8H2,(H,15,19). The molecule has 1 amide bonds. The van der Waals surface area contributed by atoms with Crippen molar-refractivity contribution in [2.45, 2.75) is 25.9 Å². The number of rotatable bonds is 3. The smallest absolute Gasteiger partial charge is 0.251 e. The number of aryl methyl sites for hydroxylation is 1. The largest absolute Gasteiger partial charge is 0.345 e. The van der Waals surface area contributed by atoms with Crippen LogP contribution in [0.25, 0.3) is 0 Å². The zero-order chi connectivity index (χ0) is 13.2. The molecule has 2 heterocycles. The monoisotopic (exact) mass is 320 g/mol.